The molecule has 0 aliphatic heterocycles. The Labute approximate surface area is 87.4 Å². The molecule has 0 aromatic heterocycles. The first kappa shape index (κ1) is 9.74. The van der Waals surface area contributed by atoms with Gasteiger partial charge in [0.05, 0.1) is 5.56 Å². The molecule has 1 aromatic carbocycles. The van der Waals surface area contributed by atoms with Crippen molar-refractivity contribution < 1.29 is 4.79 Å². The van der Waals surface area contributed by atoms with Gasteiger partial charge < -0.3 is 5.73 Å². The number of halogens is 2. The van der Waals surface area contributed by atoms with Gasteiger partial charge in [0.1, 0.15) is 0 Å². The molecule has 0 bridgehead atoms. The number of carbonyl (C=O) groups is 1. The van der Waals surface area contributed by atoms with Crippen LogP contribution in [-0.2, 0) is 0 Å². The Hall–Kier alpha value is -0.350. The number of aryl methyl sites for hydroxylation is 1. The van der Waals surface area contributed by atoms with Crippen molar-refractivity contribution in [2.24, 2.45) is 5.73 Å². The molecule has 2 N–H and O–H groups in total. The molecule has 2 nitrogen and oxygen atoms in total. The Morgan fingerprint density at radius 1 is 1.33 bits per heavy atom. The van der Waals surface area contributed by atoms with Gasteiger partial charge in [0.2, 0.25) is 5.91 Å². The van der Waals surface area contributed by atoms with E-state index >= 15 is 0 Å². The van der Waals surface area contributed by atoms with E-state index in [0.29, 0.717) is 5.56 Å². The molecule has 12 heavy (non-hydrogen) atoms. The number of amides is 1. The van der Waals surface area contributed by atoms with E-state index in [2.05, 4.69) is 31.9 Å². The summed E-state index contributed by atoms with van der Waals surface area (Å²) < 4.78 is 1.59. The lowest BCUT2D eigenvalue weighted by molar-refractivity contribution is 0.0999. The fourth-order valence-electron chi connectivity index (χ4n) is 0.836. The van der Waals surface area contributed by atoms with Crippen molar-refractivity contribution in [1.29, 1.82) is 0 Å². The smallest absolute Gasteiger partial charge is 0.249 e. The summed E-state index contributed by atoms with van der Waals surface area (Å²) in [6, 6.07) is 3.54. The highest BCUT2D eigenvalue weighted by Crippen LogP contribution is 2.29. The van der Waals surface area contributed by atoms with E-state index in [-0.39, 0.29) is 0 Å². The lowest BCUT2D eigenvalue weighted by Crippen LogP contribution is -2.11. The van der Waals surface area contributed by atoms with E-state index in [1.54, 1.807) is 6.07 Å². The van der Waals surface area contributed by atoms with Gasteiger partial charge in [0.15, 0.2) is 0 Å². The predicted molar refractivity (Wildman–Crippen MR) is 55.1 cm³/mol. The van der Waals surface area contributed by atoms with Crippen LogP contribution in [0.2, 0.25) is 0 Å². The van der Waals surface area contributed by atoms with Crippen LogP contribution < -0.4 is 5.73 Å². The number of carbonyl (C=O) groups excluding carboxylic acids is 1. The summed E-state index contributed by atoms with van der Waals surface area (Å²) in [5.74, 6) is -0.428. The maximum Gasteiger partial charge on any atom is 0.249 e. The Morgan fingerprint density at radius 2 is 1.92 bits per heavy atom. The molecular weight excluding hydrogens is 286 g/mol. The number of primary amides is 1. The third kappa shape index (κ3) is 1.69. The van der Waals surface area contributed by atoms with Gasteiger partial charge in [-0.15, -0.1) is 0 Å². The molecule has 0 fully saturated rings. The summed E-state index contributed by atoms with van der Waals surface area (Å²) in [5, 5.41) is 0. The zero-order valence-electron chi connectivity index (χ0n) is 6.40. The molecule has 0 saturated carbocycles. The first-order valence-corrected chi connectivity index (χ1v) is 4.87. The molecule has 0 unspecified atom stereocenters. The van der Waals surface area contributed by atoms with Gasteiger partial charge in [-0.2, -0.15) is 0 Å². The van der Waals surface area contributed by atoms with Crippen molar-refractivity contribution in [1.82, 2.24) is 0 Å². The first-order valence-electron chi connectivity index (χ1n) is 3.28. The van der Waals surface area contributed by atoms with Crippen LogP contribution in [-0.4, -0.2) is 5.91 Å². The Morgan fingerprint density at radius 3 is 2.42 bits per heavy atom. The quantitative estimate of drug-likeness (QED) is 0.849. The van der Waals surface area contributed by atoms with E-state index in [1.165, 1.54) is 0 Å². The third-order valence-corrected chi connectivity index (χ3v) is 3.92. The molecule has 4 heteroatoms. The molecule has 0 radical (unpaired) electrons. The molecule has 0 saturated heterocycles. The summed E-state index contributed by atoms with van der Waals surface area (Å²) in [6.45, 7) is 1.94. The van der Waals surface area contributed by atoms with Gasteiger partial charge in [0.25, 0.3) is 0 Å². The molecule has 1 rings (SSSR count). The van der Waals surface area contributed by atoms with E-state index < -0.39 is 5.91 Å². The van der Waals surface area contributed by atoms with Gasteiger partial charge in [0, 0.05) is 8.95 Å². The number of nitrogens with two attached hydrogens (primary N) is 1. The van der Waals surface area contributed by atoms with Crippen molar-refractivity contribution in [3.05, 3.63) is 32.2 Å². The van der Waals surface area contributed by atoms with Gasteiger partial charge in [-0.25, -0.2) is 0 Å². The van der Waals surface area contributed by atoms with E-state index in [0.717, 1.165) is 14.5 Å². The summed E-state index contributed by atoms with van der Waals surface area (Å²) in [4.78, 5) is 10.9. The molecule has 0 aliphatic rings. The molecule has 0 aliphatic carbocycles. The van der Waals surface area contributed by atoms with Crippen LogP contribution in [0.25, 0.3) is 0 Å². The van der Waals surface area contributed by atoms with Crippen LogP contribution in [0.5, 0.6) is 0 Å². The zero-order chi connectivity index (χ0) is 9.30. The highest BCUT2D eigenvalue weighted by Gasteiger charge is 2.09. The fraction of sp³-hybridized carbons (Fsp3) is 0.125. The lowest BCUT2D eigenvalue weighted by atomic mass is 10.1. The zero-order valence-corrected chi connectivity index (χ0v) is 9.57. The van der Waals surface area contributed by atoms with E-state index in [9.17, 15) is 4.79 Å². The standard InChI is InChI=1S/C8H7Br2NO/c1-4-2-3-5(8(11)12)7(10)6(4)9/h2-3H,1H3,(H2,11,12). The SMILES string of the molecule is Cc1ccc(C(N)=O)c(Br)c1Br. The van der Waals surface area contributed by atoms with Crippen LogP contribution in [0.4, 0.5) is 0 Å². The van der Waals surface area contributed by atoms with E-state index in [1.807, 2.05) is 13.0 Å². The average molecular weight is 293 g/mol. The second-order valence-electron chi connectivity index (χ2n) is 2.42. The fourth-order valence-corrected chi connectivity index (χ4v) is 1.82. The molecule has 0 heterocycles. The molecule has 0 atom stereocenters. The number of hydrogen-bond donors (Lipinski definition) is 1. The van der Waals surface area contributed by atoms with Crippen molar-refractivity contribution in [2.75, 3.05) is 0 Å². The highest BCUT2D eigenvalue weighted by atomic mass is 79.9. The summed E-state index contributed by atoms with van der Waals surface area (Å²) in [6.07, 6.45) is 0. The summed E-state index contributed by atoms with van der Waals surface area (Å²) in [7, 11) is 0. The maximum atomic E-state index is 10.9. The van der Waals surface area contributed by atoms with Crippen LogP contribution in [0.15, 0.2) is 21.1 Å². The average Bonchev–Trinajstić information content (AvgIpc) is 2.00. The first-order chi connectivity index (χ1) is 5.54. The van der Waals surface area contributed by atoms with Crippen LogP contribution in [0.1, 0.15) is 15.9 Å². The highest BCUT2D eigenvalue weighted by molar-refractivity contribution is 9.13. The Bertz CT molecular complexity index is 336. The van der Waals surface area contributed by atoms with Crippen molar-refractivity contribution in [3.63, 3.8) is 0 Å². The van der Waals surface area contributed by atoms with E-state index in [4.69, 9.17) is 5.73 Å². The minimum Gasteiger partial charge on any atom is -0.366 e. The Balaban J connectivity index is 3.36. The van der Waals surface area contributed by atoms with Crippen molar-refractivity contribution >= 4 is 37.8 Å². The second kappa shape index (κ2) is 3.58. The monoisotopic (exact) mass is 291 g/mol. The van der Waals surface area contributed by atoms with Crippen LogP contribution in [0, 0.1) is 6.92 Å². The minimum atomic E-state index is -0.428. The minimum absolute atomic E-state index is 0.428. The summed E-state index contributed by atoms with van der Waals surface area (Å²) >= 11 is 6.63. The topological polar surface area (TPSA) is 43.1 Å². The van der Waals surface area contributed by atoms with Gasteiger partial charge in [-0.1, -0.05) is 6.07 Å². The Kier molecular flexibility index (Phi) is 2.90. The van der Waals surface area contributed by atoms with Gasteiger partial charge in [-0.05, 0) is 50.4 Å². The van der Waals surface area contributed by atoms with Crippen molar-refractivity contribution in [3.8, 4) is 0 Å². The summed E-state index contributed by atoms with van der Waals surface area (Å²) in [5.41, 5.74) is 6.70. The molecule has 0 spiro atoms. The second-order valence-corrected chi connectivity index (χ2v) is 4.01. The molecule has 1 aromatic rings. The number of hydrogen-bond acceptors (Lipinski definition) is 1. The normalized spacial score (nSPS) is 9.92. The molecule has 1 amide bonds. The molecule has 64 valence electrons. The maximum absolute atomic E-state index is 10.9. The van der Waals surface area contributed by atoms with Crippen molar-refractivity contribution in [2.45, 2.75) is 6.92 Å². The molecular formula is C8H7Br2NO. The lowest BCUT2D eigenvalue weighted by Gasteiger charge is -2.04. The van der Waals surface area contributed by atoms with Crippen LogP contribution >= 0.6 is 31.9 Å². The number of rotatable bonds is 1. The number of benzene rings is 1. The van der Waals surface area contributed by atoms with Crippen LogP contribution in [0.3, 0.4) is 0 Å². The third-order valence-electron chi connectivity index (χ3n) is 1.54. The van der Waals surface area contributed by atoms with Gasteiger partial charge >= 0.3 is 0 Å². The van der Waals surface area contributed by atoms with Gasteiger partial charge in [-0.3, -0.25) is 4.79 Å². The largest absolute Gasteiger partial charge is 0.366 e. The predicted octanol–water partition coefficient (Wildman–Crippen LogP) is 2.62.